The van der Waals surface area contributed by atoms with E-state index in [1.807, 2.05) is 0 Å². The standard InChI is InChI=1S/C13H14O6/c1-18-10-5-7-2-3-19-11(7)6-8(10)4-9(12(14)15)13(16)17/h5-6,9H,2-4H2,1H3,(H,14,15)(H,16,17). The summed E-state index contributed by atoms with van der Waals surface area (Å²) >= 11 is 0. The molecule has 0 N–H and O–H groups in total. The van der Waals surface area contributed by atoms with Crippen LogP contribution in [0.25, 0.3) is 0 Å². The first-order valence-electron chi connectivity index (χ1n) is 5.77. The quantitative estimate of drug-likeness (QED) is 0.602. The molecule has 0 saturated carbocycles. The first-order chi connectivity index (χ1) is 9.02. The Bertz CT molecular complexity index is 518. The molecule has 0 amide bonds. The molecule has 0 aliphatic carbocycles. The summed E-state index contributed by atoms with van der Waals surface area (Å²) < 4.78 is 10.5. The van der Waals surface area contributed by atoms with E-state index in [1.54, 1.807) is 12.1 Å². The van der Waals surface area contributed by atoms with Gasteiger partial charge in [-0.25, -0.2) is 0 Å². The van der Waals surface area contributed by atoms with Crippen LogP contribution in [0.4, 0.5) is 0 Å². The zero-order valence-electron chi connectivity index (χ0n) is 12.3. The predicted octanol–water partition coefficient (Wildman–Crippen LogP) is -1.49. The van der Waals surface area contributed by atoms with Gasteiger partial charge in [0.2, 0.25) is 0 Å². The number of hydrogen-bond donors (Lipinski definition) is 0. The van der Waals surface area contributed by atoms with Crippen LogP contribution < -0.4 is 19.7 Å². The molecular weight excluding hydrogens is 252 g/mol. The van der Waals surface area contributed by atoms with Gasteiger partial charge in [-0.15, -0.1) is 0 Å². The Labute approximate surface area is 112 Å². The number of benzene rings is 1. The number of aliphatic carboxylic acids is 2. The molecule has 6 heteroatoms. The van der Waals surface area contributed by atoms with Crippen molar-refractivity contribution in [1.29, 1.82) is 0 Å². The lowest BCUT2D eigenvalue weighted by Gasteiger charge is -2.20. The average molecular weight is 266 g/mol. The number of hydrogen-bond acceptors (Lipinski definition) is 6. The molecule has 19 heavy (non-hydrogen) atoms. The van der Waals surface area contributed by atoms with E-state index in [-0.39, 0.29) is 9.27 Å². The van der Waals surface area contributed by atoms with Crippen molar-refractivity contribution in [2.24, 2.45) is 5.92 Å². The molecule has 0 bridgehead atoms. The van der Waals surface area contributed by atoms with Crippen LogP contribution in [-0.4, -0.2) is 25.7 Å². The SMILES string of the molecule is COc1cc2c(cc1CC(C(=O)[O-])C(=O)[O-])OCC2.[H+].[H+]. The Morgan fingerprint density at radius 3 is 2.68 bits per heavy atom. The molecule has 1 aliphatic heterocycles. The molecule has 1 heterocycles. The van der Waals surface area contributed by atoms with Gasteiger partial charge in [0, 0.05) is 17.9 Å². The maximum atomic E-state index is 10.8. The summed E-state index contributed by atoms with van der Waals surface area (Å²) in [5, 5.41) is 21.5. The van der Waals surface area contributed by atoms with Gasteiger partial charge in [-0.3, -0.25) is 0 Å². The van der Waals surface area contributed by atoms with E-state index in [0.717, 1.165) is 12.0 Å². The Morgan fingerprint density at radius 2 is 2.11 bits per heavy atom. The molecule has 2 rings (SSSR count). The first kappa shape index (κ1) is 13.2. The third-order valence-electron chi connectivity index (χ3n) is 3.09. The van der Waals surface area contributed by atoms with E-state index in [1.165, 1.54) is 7.11 Å². The number of carbonyl (C=O) groups is 2. The minimum Gasteiger partial charge on any atom is -0.549 e. The van der Waals surface area contributed by atoms with Crippen molar-refractivity contribution < 1.29 is 32.1 Å². The second-order valence-corrected chi connectivity index (χ2v) is 4.27. The number of carbonyl (C=O) groups excluding carboxylic acids is 2. The number of rotatable bonds is 5. The minimum absolute atomic E-state index is 0. The Kier molecular flexibility index (Phi) is 3.59. The summed E-state index contributed by atoms with van der Waals surface area (Å²) in [6.07, 6.45) is 0.487. The molecule has 0 spiro atoms. The second-order valence-electron chi connectivity index (χ2n) is 4.27. The normalized spacial score (nSPS) is 12.9. The Hall–Kier alpha value is -2.24. The van der Waals surface area contributed by atoms with Crippen LogP contribution in [0, 0.1) is 5.92 Å². The number of fused-ring (bicyclic) bond motifs is 1. The summed E-state index contributed by atoms with van der Waals surface area (Å²) in [4.78, 5) is 21.5. The molecule has 0 atom stereocenters. The highest BCUT2D eigenvalue weighted by Crippen LogP contribution is 2.33. The van der Waals surface area contributed by atoms with Crippen molar-refractivity contribution in [3.05, 3.63) is 23.3 Å². The maximum absolute atomic E-state index is 10.8. The lowest BCUT2D eigenvalue weighted by atomic mass is 9.97. The van der Waals surface area contributed by atoms with Gasteiger partial charge in [0.15, 0.2) is 0 Å². The van der Waals surface area contributed by atoms with Crippen molar-refractivity contribution in [2.45, 2.75) is 12.8 Å². The molecule has 0 fully saturated rings. The van der Waals surface area contributed by atoms with Gasteiger partial charge in [0.1, 0.15) is 11.5 Å². The van der Waals surface area contributed by atoms with Gasteiger partial charge in [-0.2, -0.15) is 0 Å². The number of carboxylic acid groups (broad SMARTS) is 2. The summed E-state index contributed by atoms with van der Waals surface area (Å²) in [6.45, 7) is 0.548. The average Bonchev–Trinajstić information content (AvgIpc) is 2.80. The van der Waals surface area contributed by atoms with Gasteiger partial charge in [-0.05, 0) is 24.1 Å². The number of carboxylic acids is 2. The van der Waals surface area contributed by atoms with Gasteiger partial charge < -0.3 is 29.3 Å². The van der Waals surface area contributed by atoms with E-state index < -0.39 is 17.9 Å². The zero-order chi connectivity index (χ0) is 14.0. The summed E-state index contributed by atoms with van der Waals surface area (Å²) in [5.74, 6) is -4.00. The summed E-state index contributed by atoms with van der Waals surface area (Å²) in [5.41, 5.74) is 1.40. The van der Waals surface area contributed by atoms with Gasteiger partial charge in [0.25, 0.3) is 0 Å². The van der Waals surface area contributed by atoms with Gasteiger partial charge in [0.05, 0.1) is 25.7 Å². The molecule has 1 aliphatic rings. The molecule has 102 valence electrons. The van der Waals surface area contributed by atoms with Crippen LogP contribution in [0.5, 0.6) is 11.5 Å². The minimum atomic E-state index is -1.71. The molecule has 6 nitrogen and oxygen atoms in total. The molecule has 0 aromatic heterocycles. The molecule has 0 radical (unpaired) electrons. The smallest absolute Gasteiger partial charge is 0.549 e. The molecule has 1 aromatic rings. The van der Waals surface area contributed by atoms with E-state index in [4.69, 9.17) is 9.47 Å². The van der Waals surface area contributed by atoms with E-state index in [9.17, 15) is 19.8 Å². The van der Waals surface area contributed by atoms with E-state index in [2.05, 4.69) is 0 Å². The largest absolute Gasteiger partial charge is 1.00 e. The van der Waals surface area contributed by atoms with Crippen molar-refractivity contribution in [3.63, 3.8) is 0 Å². The fourth-order valence-electron chi connectivity index (χ4n) is 2.08. The molecule has 0 unspecified atom stereocenters. The molecular formula is C13H14O6. The highest BCUT2D eigenvalue weighted by atomic mass is 16.5. The van der Waals surface area contributed by atoms with Crippen LogP contribution in [-0.2, 0) is 22.4 Å². The predicted molar refractivity (Wildman–Crippen MR) is 61.6 cm³/mol. The Balaban J connectivity index is 0.00000200. The van der Waals surface area contributed by atoms with Crippen LogP contribution in [0.1, 0.15) is 14.0 Å². The third kappa shape index (κ3) is 2.62. The fraction of sp³-hybridized carbons (Fsp3) is 0.385. The van der Waals surface area contributed by atoms with Crippen molar-refractivity contribution >= 4 is 11.9 Å². The van der Waals surface area contributed by atoms with Crippen LogP contribution in [0.15, 0.2) is 12.1 Å². The summed E-state index contributed by atoms with van der Waals surface area (Å²) in [6, 6.07) is 3.35. The second kappa shape index (κ2) is 5.17. The fourth-order valence-corrected chi connectivity index (χ4v) is 2.08. The monoisotopic (exact) mass is 266 g/mol. The van der Waals surface area contributed by atoms with Gasteiger partial charge in [-0.1, -0.05) is 0 Å². The highest BCUT2D eigenvalue weighted by Gasteiger charge is 2.20. The van der Waals surface area contributed by atoms with Crippen LogP contribution in [0.3, 0.4) is 0 Å². The topological polar surface area (TPSA) is 98.7 Å². The lowest BCUT2D eigenvalue weighted by Crippen LogP contribution is -2.44. The third-order valence-corrected chi connectivity index (χ3v) is 3.09. The number of methoxy groups -OCH3 is 1. The number of ether oxygens (including phenoxy) is 2. The Morgan fingerprint density at radius 1 is 1.42 bits per heavy atom. The van der Waals surface area contributed by atoms with Gasteiger partial charge >= 0.3 is 2.85 Å². The highest BCUT2D eigenvalue weighted by molar-refractivity contribution is 5.91. The van der Waals surface area contributed by atoms with Crippen molar-refractivity contribution in [2.75, 3.05) is 13.7 Å². The molecule has 0 saturated heterocycles. The van der Waals surface area contributed by atoms with E-state index >= 15 is 0 Å². The van der Waals surface area contributed by atoms with Crippen molar-refractivity contribution in [3.8, 4) is 11.5 Å². The lowest BCUT2D eigenvalue weighted by molar-refractivity contribution is -0.331. The summed E-state index contributed by atoms with van der Waals surface area (Å²) in [7, 11) is 1.44. The van der Waals surface area contributed by atoms with E-state index in [0.29, 0.717) is 23.7 Å². The van der Waals surface area contributed by atoms with Crippen LogP contribution in [0.2, 0.25) is 0 Å². The maximum Gasteiger partial charge on any atom is 1.00 e. The van der Waals surface area contributed by atoms with Crippen LogP contribution >= 0.6 is 0 Å². The zero-order valence-corrected chi connectivity index (χ0v) is 10.3. The molecule has 1 aromatic carbocycles. The van der Waals surface area contributed by atoms with Crippen molar-refractivity contribution in [1.82, 2.24) is 0 Å². The first-order valence-corrected chi connectivity index (χ1v) is 5.77.